The first kappa shape index (κ1) is 24.0. The molecule has 5 nitrogen and oxygen atoms in total. The molecule has 0 aliphatic heterocycles. The molecule has 46 heavy (non-hydrogen) atoms. The van der Waals surface area contributed by atoms with Gasteiger partial charge in [-0.25, -0.2) is 9.97 Å². The molecular formula is C41H23N5. The standard InChI is InChI=1S/C41H23N5/c1-2-12-26-24(10-1)19-20-34-36(26)38-35(46(34)41-43-31-16-6-3-14-28(31)39(44-41)25-11-9-21-42-23-25)22-30-27-13-4-7-17-32(27)45-33-18-8-5-15-29(33)37(38)40(30)45/h1-23H. The minimum absolute atomic E-state index is 0.648. The number of hydrogen-bond acceptors (Lipinski definition) is 3. The van der Waals surface area contributed by atoms with E-state index in [1.807, 2.05) is 24.4 Å². The topological polar surface area (TPSA) is 48.0 Å². The van der Waals surface area contributed by atoms with E-state index in [0.29, 0.717) is 5.95 Å². The minimum Gasteiger partial charge on any atom is -0.308 e. The summed E-state index contributed by atoms with van der Waals surface area (Å²) < 4.78 is 4.74. The average Bonchev–Trinajstić information content (AvgIpc) is 3.76. The van der Waals surface area contributed by atoms with E-state index in [9.17, 15) is 0 Å². The van der Waals surface area contributed by atoms with Crippen LogP contribution in [-0.4, -0.2) is 23.9 Å². The Morgan fingerprint density at radius 2 is 1.22 bits per heavy atom. The summed E-state index contributed by atoms with van der Waals surface area (Å²) in [5, 5.41) is 10.9. The zero-order valence-corrected chi connectivity index (χ0v) is 24.5. The Labute approximate surface area is 261 Å². The van der Waals surface area contributed by atoms with Crippen molar-refractivity contribution in [3.8, 4) is 17.2 Å². The number of nitrogens with zero attached hydrogens (tertiary/aromatic N) is 5. The van der Waals surface area contributed by atoms with Crippen molar-refractivity contribution < 1.29 is 0 Å². The van der Waals surface area contributed by atoms with Crippen molar-refractivity contribution in [1.82, 2.24) is 23.9 Å². The van der Waals surface area contributed by atoms with Crippen molar-refractivity contribution in [2.45, 2.75) is 0 Å². The van der Waals surface area contributed by atoms with Crippen LogP contribution >= 0.6 is 0 Å². The summed E-state index contributed by atoms with van der Waals surface area (Å²) in [6.07, 6.45) is 3.68. The van der Waals surface area contributed by atoms with Crippen molar-refractivity contribution in [2.75, 3.05) is 0 Å². The predicted molar refractivity (Wildman–Crippen MR) is 189 cm³/mol. The van der Waals surface area contributed by atoms with Crippen LogP contribution in [0.25, 0.3) is 98.8 Å². The zero-order valence-electron chi connectivity index (χ0n) is 24.5. The molecule has 0 N–H and O–H groups in total. The summed E-state index contributed by atoms with van der Waals surface area (Å²) in [6.45, 7) is 0. The van der Waals surface area contributed by atoms with Crippen LogP contribution in [0, 0.1) is 0 Å². The number of rotatable bonds is 2. The maximum Gasteiger partial charge on any atom is 0.235 e. The van der Waals surface area contributed by atoms with Crippen LogP contribution in [-0.2, 0) is 0 Å². The summed E-state index contributed by atoms with van der Waals surface area (Å²) in [5.41, 5.74) is 8.62. The normalized spacial score (nSPS) is 12.3. The Kier molecular flexibility index (Phi) is 4.52. The molecule has 0 fully saturated rings. The van der Waals surface area contributed by atoms with Crippen LogP contribution in [0.3, 0.4) is 0 Å². The fraction of sp³-hybridized carbons (Fsp3) is 0. The van der Waals surface area contributed by atoms with Gasteiger partial charge in [-0.05, 0) is 53.2 Å². The minimum atomic E-state index is 0.648. The summed E-state index contributed by atoms with van der Waals surface area (Å²) >= 11 is 0. The second kappa shape index (κ2) is 8.65. The fourth-order valence-electron chi connectivity index (χ4n) is 7.88. The molecule has 0 unspecified atom stereocenters. The second-order valence-electron chi connectivity index (χ2n) is 12.1. The molecule has 0 saturated heterocycles. The van der Waals surface area contributed by atoms with Gasteiger partial charge in [0.2, 0.25) is 5.95 Å². The third-order valence-corrected chi connectivity index (χ3v) is 9.72. The van der Waals surface area contributed by atoms with Gasteiger partial charge in [0.05, 0.1) is 38.8 Å². The number of hydrogen-bond donors (Lipinski definition) is 0. The number of pyridine rings is 1. The van der Waals surface area contributed by atoms with Crippen LogP contribution in [0.5, 0.6) is 0 Å². The quantitative estimate of drug-likeness (QED) is 0.203. The van der Waals surface area contributed by atoms with Gasteiger partial charge in [0.25, 0.3) is 0 Å². The molecule has 11 rings (SSSR count). The van der Waals surface area contributed by atoms with E-state index in [-0.39, 0.29) is 0 Å². The van der Waals surface area contributed by atoms with Crippen LogP contribution < -0.4 is 0 Å². The fourth-order valence-corrected chi connectivity index (χ4v) is 7.88. The van der Waals surface area contributed by atoms with Gasteiger partial charge >= 0.3 is 0 Å². The van der Waals surface area contributed by atoms with Gasteiger partial charge in [0.1, 0.15) is 0 Å². The third kappa shape index (κ3) is 2.97. The highest BCUT2D eigenvalue weighted by molar-refractivity contribution is 6.38. The van der Waals surface area contributed by atoms with E-state index in [2.05, 4.69) is 123 Å². The number of aromatic nitrogens is 5. The highest BCUT2D eigenvalue weighted by atomic mass is 15.2. The lowest BCUT2D eigenvalue weighted by molar-refractivity contribution is 1.01. The first-order valence-electron chi connectivity index (χ1n) is 15.5. The molecule has 6 aromatic carbocycles. The van der Waals surface area contributed by atoms with E-state index in [0.717, 1.165) is 33.2 Å². The first-order chi connectivity index (χ1) is 22.8. The number of fused-ring (bicyclic) bond motifs is 13. The van der Waals surface area contributed by atoms with Crippen molar-refractivity contribution in [3.05, 3.63) is 140 Å². The van der Waals surface area contributed by atoms with Crippen LogP contribution in [0.1, 0.15) is 0 Å². The van der Waals surface area contributed by atoms with Gasteiger partial charge in [-0.2, -0.15) is 0 Å². The maximum absolute atomic E-state index is 5.34. The van der Waals surface area contributed by atoms with Gasteiger partial charge in [0, 0.05) is 55.7 Å². The Bertz CT molecular complexity index is 3020. The summed E-state index contributed by atoms with van der Waals surface area (Å²) in [6, 6.07) is 45.4. The van der Waals surface area contributed by atoms with Crippen LogP contribution in [0.2, 0.25) is 0 Å². The molecule has 5 heterocycles. The Hall–Kier alpha value is -6.33. The predicted octanol–water partition coefficient (Wildman–Crippen LogP) is 10.1. The summed E-state index contributed by atoms with van der Waals surface area (Å²) in [4.78, 5) is 15.0. The lowest BCUT2D eigenvalue weighted by Gasteiger charge is -2.12. The van der Waals surface area contributed by atoms with Gasteiger partial charge < -0.3 is 4.40 Å². The third-order valence-electron chi connectivity index (χ3n) is 9.72. The molecule has 212 valence electrons. The van der Waals surface area contributed by atoms with Crippen molar-refractivity contribution in [2.24, 2.45) is 0 Å². The largest absolute Gasteiger partial charge is 0.308 e. The summed E-state index contributed by atoms with van der Waals surface area (Å²) in [7, 11) is 0. The molecule has 0 bridgehead atoms. The van der Waals surface area contributed by atoms with Gasteiger partial charge in [-0.1, -0.05) is 84.9 Å². The van der Waals surface area contributed by atoms with Gasteiger partial charge in [-0.3, -0.25) is 9.55 Å². The molecule has 11 aromatic rings. The maximum atomic E-state index is 5.34. The molecule has 0 radical (unpaired) electrons. The van der Waals surface area contributed by atoms with Gasteiger partial charge in [-0.15, -0.1) is 0 Å². The molecule has 5 aromatic heterocycles. The van der Waals surface area contributed by atoms with E-state index in [1.165, 1.54) is 59.6 Å². The first-order valence-corrected chi connectivity index (χ1v) is 15.5. The lowest BCUT2D eigenvalue weighted by Crippen LogP contribution is -2.03. The van der Waals surface area contributed by atoms with E-state index < -0.39 is 0 Å². The number of benzene rings is 6. The monoisotopic (exact) mass is 585 g/mol. The summed E-state index contributed by atoms with van der Waals surface area (Å²) in [5.74, 6) is 0.648. The molecule has 5 heteroatoms. The van der Waals surface area contributed by atoms with E-state index in [4.69, 9.17) is 9.97 Å². The van der Waals surface area contributed by atoms with Gasteiger partial charge in [0.15, 0.2) is 0 Å². The Morgan fingerprint density at radius 3 is 2.07 bits per heavy atom. The van der Waals surface area contributed by atoms with E-state index in [1.54, 1.807) is 6.20 Å². The smallest absolute Gasteiger partial charge is 0.235 e. The highest BCUT2D eigenvalue weighted by Gasteiger charge is 2.26. The van der Waals surface area contributed by atoms with Crippen molar-refractivity contribution in [3.63, 3.8) is 0 Å². The molecule has 0 atom stereocenters. The molecule has 0 aliphatic carbocycles. The molecule has 0 amide bonds. The highest BCUT2D eigenvalue weighted by Crippen LogP contribution is 2.47. The van der Waals surface area contributed by atoms with Crippen LogP contribution in [0.4, 0.5) is 0 Å². The lowest BCUT2D eigenvalue weighted by atomic mass is 9.99. The van der Waals surface area contributed by atoms with Crippen LogP contribution in [0.15, 0.2) is 140 Å². The van der Waals surface area contributed by atoms with E-state index >= 15 is 0 Å². The molecule has 0 saturated carbocycles. The zero-order chi connectivity index (χ0) is 29.9. The average molecular weight is 586 g/mol. The number of para-hydroxylation sites is 3. The Balaban J connectivity index is 1.42. The Morgan fingerprint density at radius 1 is 0.478 bits per heavy atom. The molecule has 0 spiro atoms. The van der Waals surface area contributed by atoms with Crippen molar-refractivity contribution >= 4 is 81.6 Å². The molecule has 0 aliphatic rings. The second-order valence-corrected chi connectivity index (χ2v) is 12.1. The van der Waals surface area contributed by atoms with Crippen molar-refractivity contribution in [1.29, 1.82) is 0 Å². The molecular weight excluding hydrogens is 562 g/mol. The SMILES string of the molecule is c1cncc(-c2nc(-n3c4ccc5ccccc5c4c4c5c6ccccc6n6c7ccccc7c(cc43)c56)nc3ccccc23)c1.